The average molecular weight is 217 g/mol. The highest BCUT2D eigenvalue weighted by Crippen LogP contribution is 2.27. The molecule has 1 aliphatic carbocycles. The molecule has 0 radical (unpaired) electrons. The van der Waals surface area contributed by atoms with Crippen LogP contribution in [0.1, 0.15) is 31.2 Å². The van der Waals surface area contributed by atoms with Crippen LogP contribution in [0.3, 0.4) is 0 Å². The largest absolute Gasteiger partial charge is 0.496 e. The van der Waals surface area contributed by atoms with Gasteiger partial charge in [0.2, 0.25) is 0 Å². The highest BCUT2D eigenvalue weighted by Gasteiger charge is 2.13. The molecule has 0 spiro atoms. The summed E-state index contributed by atoms with van der Waals surface area (Å²) in [6, 6.07) is 8.46. The van der Waals surface area contributed by atoms with Crippen molar-refractivity contribution in [2.24, 2.45) is 5.73 Å². The van der Waals surface area contributed by atoms with Crippen LogP contribution in [-0.4, -0.2) is 13.2 Å². The van der Waals surface area contributed by atoms with Crippen molar-refractivity contribution in [1.29, 1.82) is 0 Å². The average Bonchev–Trinajstić information content (AvgIpc) is 2.30. The Morgan fingerprint density at radius 3 is 2.94 bits per heavy atom. The van der Waals surface area contributed by atoms with E-state index in [0.717, 1.165) is 24.2 Å². The predicted molar refractivity (Wildman–Crippen MR) is 67.4 cm³/mol. The molecule has 1 aromatic carbocycles. The fourth-order valence-electron chi connectivity index (χ4n) is 2.27. The van der Waals surface area contributed by atoms with E-state index >= 15 is 0 Å². The van der Waals surface area contributed by atoms with Gasteiger partial charge in [0, 0.05) is 11.6 Å². The SMILES string of the molecule is COc1ccccc1C=C1CCCC(N)C1. The number of hydrogen-bond donors (Lipinski definition) is 1. The quantitative estimate of drug-likeness (QED) is 0.826. The summed E-state index contributed by atoms with van der Waals surface area (Å²) in [5.41, 5.74) is 8.59. The third-order valence-electron chi connectivity index (χ3n) is 3.10. The van der Waals surface area contributed by atoms with Crippen molar-refractivity contribution < 1.29 is 4.74 Å². The summed E-state index contributed by atoms with van der Waals surface area (Å²) < 4.78 is 5.34. The van der Waals surface area contributed by atoms with Crippen molar-refractivity contribution in [3.8, 4) is 5.75 Å². The van der Waals surface area contributed by atoms with Gasteiger partial charge in [-0.15, -0.1) is 0 Å². The van der Waals surface area contributed by atoms with E-state index in [1.807, 2.05) is 18.2 Å². The summed E-state index contributed by atoms with van der Waals surface area (Å²) in [7, 11) is 1.71. The van der Waals surface area contributed by atoms with Crippen molar-refractivity contribution in [3.63, 3.8) is 0 Å². The minimum atomic E-state index is 0.342. The molecule has 1 aliphatic rings. The van der Waals surface area contributed by atoms with Gasteiger partial charge in [0.15, 0.2) is 0 Å². The number of hydrogen-bond acceptors (Lipinski definition) is 2. The van der Waals surface area contributed by atoms with Crippen molar-refractivity contribution in [2.45, 2.75) is 31.7 Å². The van der Waals surface area contributed by atoms with Gasteiger partial charge < -0.3 is 10.5 Å². The topological polar surface area (TPSA) is 35.2 Å². The van der Waals surface area contributed by atoms with Crippen molar-refractivity contribution in [3.05, 3.63) is 35.4 Å². The van der Waals surface area contributed by atoms with Crippen molar-refractivity contribution in [2.75, 3.05) is 7.11 Å². The molecule has 0 amide bonds. The molecule has 16 heavy (non-hydrogen) atoms. The van der Waals surface area contributed by atoms with E-state index < -0.39 is 0 Å². The van der Waals surface area contributed by atoms with Gasteiger partial charge in [-0.05, 0) is 31.7 Å². The first-order chi connectivity index (χ1) is 7.79. The van der Waals surface area contributed by atoms with E-state index in [9.17, 15) is 0 Å². The van der Waals surface area contributed by atoms with Crippen LogP contribution in [0, 0.1) is 0 Å². The smallest absolute Gasteiger partial charge is 0.126 e. The standard InChI is InChI=1S/C14H19NO/c1-16-14-8-3-2-6-12(14)9-11-5-4-7-13(15)10-11/h2-3,6,8-9,13H,4-5,7,10,15H2,1H3. The van der Waals surface area contributed by atoms with Crippen LogP contribution in [0.4, 0.5) is 0 Å². The lowest BCUT2D eigenvalue weighted by Crippen LogP contribution is -2.23. The molecular formula is C14H19NO. The Labute approximate surface area is 97.1 Å². The second-order valence-electron chi connectivity index (χ2n) is 4.40. The Morgan fingerprint density at radius 2 is 2.19 bits per heavy atom. The highest BCUT2D eigenvalue weighted by molar-refractivity contribution is 5.60. The van der Waals surface area contributed by atoms with Crippen LogP contribution >= 0.6 is 0 Å². The number of benzene rings is 1. The number of rotatable bonds is 2. The van der Waals surface area contributed by atoms with Crippen LogP contribution in [0.25, 0.3) is 6.08 Å². The molecule has 1 saturated carbocycles. The Bertz CT molecular complexity index is 384. The maximum atomic E-state index is 5.98. The van der Waals surface area contributed by atoms with Gasteiger partial charge in [0.05, 0.1) is 7.11 Å². The summed E-state index contributed by atoms with van der Waals surface area (Å²) >= 11 is 0. The van der Waals surface area contributed by atoms with E-state index in [2.05, 4.69) is 12.1 Å². The molecule has 0 saturated heterocycles. The van der Waals surface area contributed by atoms with Gasteiger partial charge in [-0.2, -0.15) is 0 Å². The summed E-state index contributed by atoms with van der Waals surface area (Å²) in [5, 5.41) is 0. The summed E-state index contributed by atoms with van der Waals surface area (Å²) in [4.78, 5) is 0. The lowest BCUT2D eigenvalue weighted by atomic mass is 9.90. The van der Waals surface area contributed by atoms with E-state index in [1.165, 1.54) is 18.4 Å². The molecule has 0 aliphatic heterocycles. The molecule has 0 bridgehead atoms. The molecule has 1 fully saturated rings. The van der Waals surface area contributed by atoms with Gasteiger partial charge >= 0.3 is 0 Å². The van der Waals surface area contributed by atoms with Gasteiger partial charge in [0.1, 0.15) is 5.75 Å². The highest BCUT2D eigenvalue weighted by atomic mass is 16.5. The normalized spacial score (nSPS) is 23.4. The van der Waals surface area contributed by atoms with Gasteiger partial charge in [-0.3, -0.25) is 0 Å². The van der Waals surface area contributed by atoms with Crippen LogP contribution < -0.4 is 10.5 Å². The lowest BCUT2D eigenvalue weighted by molar-refractivity contribution is 0.413. The van der Waals surface area contributed by atoms with Gasteiger partial charge in [-0.25, -0.2) is 0 Å². The second kappa shape index (κ2) is 5.17. The van der Waals surface area contributed by atoms with Gasteiger partial charge in [0.25, 0.3) is 0 Å². The molecule has 2 N–H and O–H groups in total. The van der Waals surface area contributed by atoms with E-state index in [4.69, 9.17) is 10.5 Å². The summed E-state index contributed by atoms with van der Waals surface area (Å²) in [5.74, 6) is 0.939. The minimum Gasteiger partial charge on any atom is -0.496 e. The Kier molecular flexibility index (Phi) is 3.62. The van der Waals surface area contributed by atoms with Crippen LogP contribution in [0.2, 0.25) is 0 Å². The second-order valence-corrected chi connectivity index (χ2v) is 4.40. The number of nitrogens with two attached hydrogens (primary N) is 1. The zero-order valence-electron chi connectivity index (χ0n) is 9.78. The monoisotopic (exact) mass is 217 g/mol. The van der Waals surface area contributed by atoms with Gasteiger partial charge in [-0.1, -0.05) is 29.8 Å². The van der Waals surface area contributed by atoms with Crippen molar-refractivity contribution in [1.82, 2.24) is 0 Å². The third kappa shape index (κ3) is 2.64. The fourth-order valence-corrected chi connectivity index (χ4v) is 2.27. The predicted octanol–water partition coefficient (Wildman–Crippen LogP) is 2.98. The maximum absolute atomic E-state index is 5.98. The Balaban J connectivity index is 2.21. The van der Waals surface area contributed by atoms with Crippen LogP contribution in [0.15, 0.2) is 29.8 Å². The molecule has 0 heterocycles. The third-order valence-corrected chi connectivity index (χ3v) is 3.10. The number of para-hydroxylation sites is 1. The molecule has 2 rings (SSSR count). The number of ether oxygens (including phenoxy) is 1. The Hall–Kier alpha value is -1.28. The van der Waals surface area contributed by atoms with Crippen LogP contribution in [0.5, 0.6) is 5.75 Å². The molecule has 1 atom stereocenters. The van der Waals surface area contributed by atoms with E-state index in [0.29, 0.717) is 6.04 Å². The zero-order chi connectivity index (χ0) is 11.4. The summed E-state index contributed by atoms with van der Waals surface area (Å²) in [6.45, 7) is 0. The van der Waals surface area contributed by atoms with Crippen LogP contribution in [-0.2, 0) is 0 Å². The zero-order valence-corrected chi connectivity index (χ0v) is 9.78. The van der Waals surface area contributed by atoms with E-state index in [1.54, 1.807) is 7.11 Å². The molecule has 1 aromatic rings. The molecule has 86 valence electrons. The molecule has 2 nitrogen and oxygen atoms in total. The molecule has 0 aromatic heterocycles. The molecule has 2 heteroatoms. The molecule has 1 unspecified atom stereocenters. The number of methoxy groups -OCH3 is 1. The minimum absolute atomic E-state index is 0.342. The maximum Gasteiger partial charge on any atom is 0.126 e. The first kappa shape index (κ1) is 11.2. The first-order valence-electron chi connectivity index (χ1n) is 5.87. The first-order valence-corrected chi connectivity index (χ1v) is 5.87. The van der Waals surface area contributed by atoms with E-state index in [-0.39, 0.29) is 0 Å². The molecular weight excluding hydrogens is 198 g/mol. The fraction of sp³-hybridized carbons (Fsp3) is 0.429. The lowest BCUT2D eigenvalue weighted by Gasteiger charge is -2.20. The Morgan fingerprint density at radius 1 is 1.38 bits per heavy atom. The summed E-state index contributed by atoms with van der Waals surface area (Å²) in [6.07, 6.45) is 6.80. The van der Waals surface area contributed by atoms with Crippen molar-refractivity contribution >= 4 is 6.08 Å².